The van der Waals surface area contributed by atoms with Gasteiger partial charge in [-0.3, -0.25) is 19.6 Å². The Balaban J connectivity index is 1.35. The molecule has 2 aliphatic rings. The molecule has 0 aliphatic carbocycles. The maximum atomic E-state index is 13.8. The lowest BCUT2D eigenvalue weighted by Crippen LogP contribution is -2.56. The van der Waals surface area contributed by atoms with Crippen LogP contribution in [0.3, 0.4) is 0 Å². The van der Waals surface area contributed by atoms with E-state index in [9.17, 15) is 9.59 Å². The molecule has 174 valence electrons. The van der Waals surface area contributed by atoms with E-state index in [1.54, 1.807) is 12.4 Å². The van der Waals surface area contributed by atoms with Gasteiger partial charge in [0.05, 0.1) is 6.54 Å². The van der Waals surface area contributed by atoms with Gasteiger partial charge >= 0.3 is 6.03 Å². The van der Waals surface area contributed by atoms with Crippen LogP contribution in [0, 0.1) is 0 Å². The van der Waals surface area contributed by atoms with Crippen LogP contribution in [-0.4, -0.2) is 56.8 Å². The number of nitrogens with zero attached hydrogens (tertiary/aromatic N) is 4. The van der Waals surface area contributed by atoms with Crippen LogP contribution in [-0.2, 0) is 24.3 Å². The molecule has 0 unspecified atom stereocenters. The van der Waals surface area contributed by atoms with Gasteiger partial charge < -0.3 is 4.90 Å². The number of carbonyl (C=O) groups is 2. The summed E-state index contributed by atoms with van der Waals surface area (Å²) in [7, 11) is 0. The van der Waals surface area contributed by atoms with Gasteiger partial charge in [0.25, 0.3) is 5.91 Å². The average molecular weight is 455 g/mol. The van der Waals surface area contributed by atoms with Gasteiger partial charge in [0.15, 0.2) is 0 Å². The molecule has 3 aromatic rings. The molecule has 0 atom stereocenters. The van der Waals surface area contributed by atoms with Crippen molar-refractivity contribution in [1.82, 2.24) is 19.7 Å². The van der Waals surface area contributed by atoms with Crippen molar-refractivity contribution in [1.29, 1.82) is 0 Å². The third-order valence-electron chi connectivity index (χ3n) is 7.08. The van der Waals surface area contributed by atoms with E-state index in [0.717, 1.165) is 31.6 Å². The summed E-state index contributed by atoms with van der Waals surface area (Å²) in [5.41, 5.74) is 2.55. The highest BCUT2D eigenvalue weighted by Crippen LogP contribution is 2.38. The van der Waals surface area contributed by atoms with Crippen molar-refractivity contribution in [2.24, 2.45) is 0 Å². The first-order valence-corrected chi connectivity index (χ1v) is 12.0. The summed E-state index contributed by atoms with van der Waals surface area (Å²) < 4.78 is 0. The monoisotopic (exact) mass is 454 g/mol. The molecule has 34 heavy (non-hydrogen) atoms. The Morgan fingerprint density at radius 3 is 2.06 bits per heavy atom. The number of hydrogen-bond acceptors (Lipinski definition) is 4. The minimum Gasteiger partial charge on any atom is -0.309 e. The second-order valence-corrected chi connectivity index (χ2v) is 9.22. The minimum absolute atomic E-state index is 0.0613. The van der Waals surface area contributed by atoms with Crippen LogP contribution in [0.2, 0.25) is 0 Å². The maximum absolute atomic E-state index is 13.8. The molecule has 2 fully saturated rings. The highest BCUT2D eigenvalue weighted by Gasteiger charge is 2.57. The lowest BCUT2D eigenvalue weighted by atomic mass is 9.85. The first kappa shape index (κ1) is 22.3. The number of likely N-dealkylation sites (tertiary alicyclic amines) is 1. The summed E-state index contributed by atoms with van der Waals surface area (Å²) in [6.07, 6.45) is 5.47. The third-order valence-corrected chi connectivity index (χ3v) is 7.08. The van der Waals surface area contributed by atoms with E-state index >= 15 is 0 Å². The summed E-state index contributed by atoms with van der Waals surface area (Å²) in [4.78, 5) is 37.2. The minimum atomic E-state index is -0.763. The number of rotatable bonds is 7. The summed E-state index contributed by atoms with van der Waals surface area (Å²) in [6, 6.07) is 24.2. The normalized spacial score (nSPS) is 18.1. The molecule has 0 radical (unpaired) electrons. The topological polar surface area (TPSA) is 56.8 Å². The molecule has 5 rings (SSSR count). The molecule has 2 saturated heterocycles. The Labute approximate surface area is 200 Å². The zero-order valence-corrected chi connectivity index (χ0v) is 19.3. The van der Waals surface area contributed by atoms with Crippen molar-refractivity contribution < 1.29 is 9.59 Å². The zero-order valence-electron chi connectivity index (χ0n) is 19.3. The molecule has 0 bridgehead atoms. The van der Waals surface area contributed by atoms with Gasteiger partial charge in [-0.1, -0.05) is 66.7 Å². The van der Waals surface area contributed by atoms with Crippen LogP contribution in [0.15, 0.2) is 85.2 Å². The van der Waals surface area contributed by atoms with E-state index in [0.29, 0.717) is 19.4 Å². The van der Waals surface area contributed by atoms with Crippen molar-refractivity contribution in [2.45, 2.75) is 37.9 Å². The number of aromatic nitrogens is 1. The van der Waals surface area contributed by atoms with Gasteiger partial charge in [-0.15, -0.1) is 0 Å². The molecule has 2 aliphatic heterocycles. The number of piperidine rings is 1. The van der Waals surface area contributed by atoms with E-state index in [1.165, 1.54) is 16.0 Å². The molecule has 1 spiro atoms. The fourth-order valence-corrected chi connectivity index (χ4v) is 5.20. The maximum Gasteiger partial charge on any atom is 0.328 e. The number of pyridine rings is 1. The fraction of sp³-hybridized carbons (Fsp3) is 0.321. The quantitative estimate of drug-likeness (QED) is 0.504. The Bertz CT molecular complexity index is 1110. The highest BCUT2D eigenvalue weighted by molar-refractivity contribution is 6.07. The molecule has 3 heterocycles. The zero-order chi connectivity index (χ0) is 23.4. The van der Waals surface area contributed by atoms with E-state index in [2.05, 4.69) is 46.3 Å². The first-order chi connectivity index (χ1) is 16.7. The molecule has 0 saturated carbocycles. The Kier molecular flexibility index (Phi) is 6.41. The van der Waals surface area contributed by atoms with E-state index in [4.69, 9.17) is 0 Å². The van der Waals surface area contributed by atoms with Gasteiger partial charge in [-0.25, -0.2) is 4.79 Å². The fourth-order valence-electron chi connectivity index (χ4n) is 5.20. The molecular formula is C28H30N4O2. The van der Waals surface area contributed by atoms with Gasteiger partial charge in [0.2, 0.25) is 0 Å². The van der Waals surface area contributed by atoms with Crippen LogP contribution < -0.4 is 0 Å². The van der Waals surface area contributed by atoms with Crippen LogP contribution in [0.25, 0.3) is 0 Å². The predicted octanol–water partition coefficient (Wildman–Crippen LogP) is 4.12. The molecule has 2 aromatic carbocycles. The van der Waals surface area contributed by atoms with Crippen molar-refractivity contribution in [3.8, 4) is 0 Å². The number of carbonyl (C=O) groups excluding carboxylic acids is 2. The second kappa shape index (κ2) is 9.77. The molecule has 1 aromatic heterocycles. The third kappa shape index (κ3) is 4.46. The second-order valence-electron chi connectivity index (χ2n) is 9.22. The number of urea groups is 1. The van der Waals surface area contributed by atoms with E-state index in [1.807, 2.05) is 41.3 Å². The van der Waals surface area contributed by atoms with Gasteiger partial charge in [-0.2, -0.15) is 0 Å². The summed E-state index contributed by atoms with van der Waals surface area (Å²) in [6.45, 7) is 3.25. The molecular weight excluding hydrogens is 424 g/mol. The first-order valence-electron chi connectivity index (χ1n) is 12.0. The molecule has 3 amide bonds. The summed E-state index contributed by atoms with van der Waals surface area (Å²) >= 11 is 0. The van der Waals surface area contributed by atoms with Crippen LogP contribution in [0.1, 0.15) is 29.5 Å². The van der Waals surface area contributed by atoms with Gasteiger partial charge in [-0.05, 0) is 42.0 Å². The lowest BCUT2D eigenvalue weighted by Gasteiger charge is -2.42. The number of hydrogen-bond donors (Lipinski definition) is 0. The van der Waals surface area contributed by atoms with Crippen molar-refractivity contribution >= 4 is 11.9 Å². The van der Waals surface area contributed by atoms with Crippen LogP contribution >= 0.6 is 0 Å². The predicted molar refractivity (Wildman–Crippen MR) is 131 cm³/mol. The number of benzene rings is 2. The van der Waals surface area contributed by atoms with Gasteiger partial charge in [0, 0.05) is 38.6 Å². The Morgan fingerprint density at radius 2 is 1.41 bits per heavy atom. The standard InChI is InChI=1S/C28H30N4O2/c33-26-28(14-18-30(19-15-28)21-24-10-5-2-6-11-24)32(17-13-23-8-3-1-4-9-23)27(34)31(26)22-25-12-7-16-29-20-25/h1-12,16,20H,13-15,17-19,21-22H2. The van der Waals surface area contributed by atoms with Crippen molar-refractivity contribution in [3.63, 3.8) is 0 Å². The Morgan fingerprint density at radius 1 is 0.765 bits per heavy atom. The summed E-state index contributed by atoms with van der Waals surface area (Å²) in [5.74, 6) is -0.0613. The van der Waals surface area contributed by atoms with Crippen molar-refractivity contribution in [2.75, 3.05) is 19.6 Å². The highest BCUT2D eigenvalue weighted by atomic mass is 16.2. The molecule has 6 nitrogen and oxygen atoms in total. The lowest BCUT2D eigenvalue weighted by molar-refractivity contribution is -0.136. The molecule has 6 heteroatoms. The van der Waals surface area contributed by atoms with E-state index in [-0.39, 0.29) is 18.5 Å². The SMILES string of the molecule is O=C1N(Cc2cccnc2)C(=O)C2(CCN(Cc3ccccc3)CC2)N1CCc1ccccc1. The van der Waals surface area contributed by atoms with Crippen LogP contribution in [0.4, 0.5) is 4.79 Å². The summed E-state index contributed by atoms with van der Waals surface area (Å²) in [5, 5.41) is 0. The number of imide groups is 1. The van der Waals surface area contributed by atoms with Gasteiger partial charge in [0.1, 0.15) is 5.54 Å². The largest absolute Gasteiger partial charge is 0.328 e. The smallest absolute Gasteiger partial charge is 0.309 e. The van der Waals surface area contributed by atoms with Crippen LogP contribution in [0.5, 0.6) is 0 Å². The van der Waals surface area contributed by atoms with E-state index < -0.39 is 5.54 Å². The average Bonchev–Trinajstić information content (AvgIpc) is 3.07. The molecule has 0 N–H and O–H groups in total. The number of amides is 3. The van der Waals surface area contributed by atoms with Crippen molar-refractivity contribution in [3.05, 3.63) is 102 Å². The Hall–Kier alpha value is -3.51.